The molecule has 1 aliphatic heterocycles. The van der Waals surface area contributed by atoms with Gasteiger partial charge in [0.05, 0.1) is 6.61 Å². The fraction of sp³-hybridized carbons (Fsp3) is 0.385. The highest BCUT2D eigenvalue weighted by atomic mass is 16.4. The van der Waals surface area contributed by atoms with Gasteiger partial charge in [0.25, 0.3) is 0 Å². The normalized spacial score (nSPS) is 15.5. The molecule has 0 unspecified atom stereocenters. The van der Waals surface area contributed by atoms with Crippen LogP contribution in [0.4, 0.5) is 10.5 Å². The summed E-state index contributed by atoms with van der Waals surface area (Å²) in [7, 11) is 0. The molecule has 0 radical (unpaired) electrons. The zero-order valence-electron chi connectivity index (χ0n) is 10.4. The first-order valence-electron chi connectivity index (χ1n) is 6.13. The molecule has 2 amide bonds. The highest BCUT2D eigenvalue weighted by Gasteiger charge is 2.26. The van der Waals surface area contributed by atoms with Crippen LogP contribution in [-0.2, 0) is 11.2 Å². The second kappa shape index (κ2) is 5.71. The van der Waals surface area contributed by atoms with Crippen molar-refractivity contribution in [3.8, 4) is 0 Å². The number of benzene rings is 1. The maximum atomic E-state index is 12.1. The number of anilines is 1. The summed E-state index contributed by atoms with van der Waals surface area (Å²) in [6.45, 7) is -0.0861. The van der Waals surface area contributed by atoms with E-state index in [4.69, 9.17) is 10.2 Å². The molecule has 0 aliphatic carbocycles. The molecule has 3 N–H and O–H groups in total. The number of carbonyl (C=O) groups excluding carboxylic acids is 1. The number of aliphatic hydroxyl groups excluding tert-OH is 1. The molecule has 0 saturated carbocycles. The first-order valence-corrected chi connectivity index (χ1v) is 6.13. The van der Waals surface area contributed by atoms with Gasteiger partial charge < -0.3 is 15.5 Å². The molecule has 0 fully saturated rings. The van der Waals surface area contributed by atoms with E-state index in [9.17, 15) is 9.59 Å². The number of amides is 2. The maximum Gasteiger partial charge on any atom is 0.328 e. The molecule has 0 aromatic heterocycles. The molecule has 19 heavy (non-hydrogen) atoms. The Morgan fingerprint density at radius 2 is 2.11 bits per heavy atom. The van der Waals surface area contributed by atoms with Crippen LogP contribution < -0.4 is 10.2 Å². The molecule has 1 aromatic rings. The predicted molar refractivity (Wildman–Crippen MR) is 69.2 cm³/mol. The minimum absolute atomic E-state index is 0.492. The highest BCUT2D eigenvalue weighted by molar-refractivity contribution is 5.95. The van der Waals surface area contributed by atoms with Crippen LogP contribution in [0.3, 0.4) is 0 Å². The quantitative estimate of drug-likeness (QED) is 0.745. The zero-order chi connectivity index (χ0) is 13.8. The number of carboxylic acids is 1. The lowest BCUT2D eigenvalue weighted by atomic mass is 10.0. The summed E-state index contributed by atoms with van der Waals surface area (Å²) in [5.74, 6) is -1.25. The Morgan fingerprint density at radius 1 is 1.37 bits per heavy atom. The minimum Gasteiger partial charge on any atom is -0.480 e. The minimum atomic E-state index is -1.28. The molecule has 6 nitrogen and oxygen atoms in total. The number of carbonyl (C=O) groups is 2. The summed E-state index contributed by atoms with van der Waals surface area (Å²) in [6.07, 6.45) is 1.74. The number of carboxylic acid groups (broad SMARTS) is 1. The summed E-state index contributed by atoms with van der Waals surface area (Å²) in [6, 6.07) is 5.77. The van der Waals surface area contributed by atoms with Crippen molar-refractivity contribution >= 4 is 17.7 Å². The van der Waals surface area contributed by atoms with Gasteiger partial charge in [-0.1, -0.05) is 18.2 Å². The summed E-state index contributed by atoms with van der Waals surface area (Å²) in [4.78, 5) is 24.4. The lowest BCUT2D eigenvalue weighted by molar-refractivity contribution is -0.140. The maximum absolute atomic E-state index is 12.1. The molecule has 1 atom stereocenters. The van der Waals surface area contributed by atoms with Crippen molar-refractivity contribution in [3.63, 3.8) is 0 Å². The third-order valence-electron chi connectivity index (χ3n) is 3.13. The average Bonchev–Trinajstić information content (AvgIpc) is 2.43. The number of aryl methyl sites for hydroxylation is 1. The van der Waals surface area contributed by atoms with Crippen LogP contribution in [0.25, 0.3) is 0 Å². The molecule has 0 bridgehead atoms. The van der Waals surface area contributed by atoms with Gasteiger partial charge >= 0.3 is 12.0 Å². The number of nitrogens with zero attached hydrogens (tertiary/aromatic N) is 1. The average molecular weight is 264 g/mol. The van der Waals surface area contributed by atoms with Crippen molar-refractivity contribution in [1.29, 1.82) is 0 Å². The molecule has 2 rings (SSSR count). The molecule has 0 saturated heterocycles. The van der Waals surface area contributed by atoms with Crippen molar-refractivity contribution in [1.82, 2.24) is 5.32 Å². The Bertz CT molecular complexity index is 489. The number of aliphatic hydroxyl groups is 1. The number of aliphatic carboxylic acids is 1. The summed E-state index contributed by atoms with van der Waals surface area (Å²) < 4.78 is 0. The van der Waals surface area contributed by atoms with Gasteiger partial charge in [0.15, 0.2) is 6.04 Å². The van der Waals surface area contributed by atoms with Crippen molar-refractivity contribution in [3.05, 3.63) is 29.8 Å². The predicted octanol–water partition coefficient (Wildman–Crippen LogP) is 0.594. The molecule has 0 spiro atoms. The van der Waals surface area contributed by atoms with Crippen LogP contribution in [-0.4, -0.2) is 41.4 Å². The Morgan fingerprint density at radius 3 is 2.79 bits per heavy atom. The number of urea groups is 1. The second-order valence-electron chi connectivity index (χ2n) is 4.41. The zero-order valence-corrected chi connectivity index (χ0v) is 10.4. The summed E-state index contributed by atoms with van der Waals surface area (Å²) in [5.41, 5.74) is 1.87. The van der Waals surface area contributed by atoms with Crippen LogP contribution in [0, 0.1) is 0 Å². The van der Waals surface area contributed by atoms with E-state index in [-0.39, 0.29) is 0 Å². The van der Waals surface area contributed by atoms with E-state index >= 15 is 0 Å². The van der Waals surface area contributed by atoms with Crippen LogP contribution in [0.15, 0.2) is 24.3 Å². The Balaban J connectivity index is 2.15. The number of hydrogen-bond acceptors (Lipinski definition) is 3. The van der Waals surface area contributed by atoms with Crippen LogP contribution in [0.5, 0.6) is 0 Å². The SMILES string of the molecule is O=C(O)[C@@H](CO)NC(=O)N1CCCc2ccccc21. The van der Waals surface area contributed by atoms with Gasteiger partial charge in [0.2, 0.25) is 0 Å². The number of nitrogens with one attached hydrogen (secondary N) is 1. The van der Waals surface area contributed by atoms with E-state index in [0.717, 1.165) is 24.1 Å². The monoisotopic (exact) mass is 264 g/mol. The van der Waals surface area contributed by atoms with E-state index in [1.54, 1.807) is 0 Å². The van der Waals surface area contributed by atoms with Crippen molar-refractivity contribution in [2.75, 3.05) is 18.1 Å². The fourth-order valence-electron chi connectivity index (χ4n) is 2.16. The van der Waals surface area contributed by atoms with Gasteiger partial charge in [-0.25, -0.2) is 9.59 Å². The molecule has 102 valence electrons. The second-order valence-corrected chi connectivity index (χ2v) is 4.41. The first kappa shape index (κ1) is 13.4. The van der Waals surface area contributed by atoms with Gasteiger partial charge in [-0.05, 0) is 24.5 Å². The standard InChI is InChI=1S/C13H16N2O4/c16-8-10(12(17)18)14-13(19)15-7-3-5-9-4-1-2-6-11(9)15/h1-2,4,6,10,16H,3,5,7-8H2,(H,14,19)(H,17,18)/t10-/m1/s1. The number of fused-ring (bicyclic) bond motifs is 1. The van der Waals surface area contributed by atoms with E-state index in [0.29, 0.717) is 6.54 Å². The molecular weight excluding hydrogens is 248 g/mol. The van der Waals surface area contributed by atoms with Gasteiger partial charge in [-0.3, -0.25) is 4.90 Å². The number of para-hydroxylation sites is 1. The summed E-state index contributed by atoms with van der Waals surface area (Å²) in [5, 5.41) is 20.1. The number of hydrogen-bond donors (Lipinski definition) is 3. The van der Waals surface area contributed by atoms with E-state index in [1.807, 2.05) is 24.3 Å². The first-order chi connectivity index (χ1) is 9.13. The Labute approximate surface area is 110 Å². The molecule has 6 heteroatoms. The smallest absolute Gasteiger partial charge is 0.328 e. The van der Waals surface area contributed by atoms with E-state index in [1.165, 1.54) is 4.90 Å². The summed E-state index contributed by atoms with van der Waals surface area (Å²) >= 11 is 0. The van der Waals surface area contributed by atoms with E-state index in [2.05, 4.69) is 5.32 Å². The van der Waals surface area contributed by atoms with Crippen LogP contribution in [0.1, 0.15) is 12.0 Å². The van der Waals surface area contributed by atoms with Crippen molar-refractivity contribution < 1.29 is 19.8 Å². The lowest BCUT2D eigenvalue weighted by Gasteiger charge is -2.30. The Kier molecular flexibility index (Phi) is 4.01. The number of rotatable bonds is 3. The molecule has 1 aromatic carbocycles. The van der Waals surface area contributed by atoms with Gasteiger partial charge in [0, 0.05) is 12.2 Å². The third-order valence-corrected chi connectivity index (χ3v) is 3.13. The van der Waals surface area contributed by atoms with Crippen LogP contribution >= 0.6 is 0 Å². The molecular formula is C13H16N2O4. The largest absolute Gasteiger partial charge is 0.480 e. The lowest BCUT2D eigenvalue weighted by Crippen LogP contribution is -2.50. The topological polar surface area (TPSA) is 89.9 Å². The van der Waals surface area contributed by atoms with Gasteiger partial charge in [0.1, 0.15) is 0 Å². The van der Waals surface area contributed by atoms with Crippen molar-refractivity contribution in [2.24, 2.45) is 0 Å². The Hall–Kier alpha value is -2.08. The van der Waals surface area contributed by atoms with Gasteiger partial charge in [-0.15, -0.1) is 0 Å². The highest BCUT2D eigenvalue weighted by Crippen LogP contribution is 2.26. The van der Waals surface area contributed by atoms with E-state index < -0.39 is 24.6 Å². The molecule has 1 heterocycles. The van der Waals surface area contributed by atoms with Crippen molar-refractivity contribution in [2.45, 2.75) is 18.9 Å². The van der Waals surface area contributed by atoms with Crippen LogP contribution in [0.2, 0.25) is 0 Å². The fourth-order valence-corrected chi connectivity index (χ4v) is 2.16. The van der Waals surface area contributed by atoms with Gasteiger partial charge in [-0.2, -0.15) is 0 Å². The third kappa shape index (κ3) is 2.85. The molecule has 1 aliphatic rings.